The van der Waals surface area contributed by atoms with Crippen molar-refractivity contribution >= 4 is 5.97 Å². The second-order valence-corrected chi connectivity index (χ2v) is 7.20. The summed E-state index contributed by atoms with van der Waals surface area (Å²) in [5, 5.41) is 6.67. The molecule has 1 aromatic carbocycles. The Bertz CT molecular complexity index is 1010. The summed E-state index contributed by atoms with van der Waals surface area (Å²) >= 11 is 0. The molecule has 0 N–H and O–H groups in total. The predicted molar refractivity (Wildman–Crippen MR) is 112 cm³/mol. The van der Waals surface area contributed by atoms with Gasteiger partial charge in [0.25, 0.3) is 0 Å². The summed E-state index contributed by atoms with van der Waals surface area (Å²) in [6.07, 6.45) is 5.26. The van der Waals surface area contributed by atoms with Crippen molar-refractivity contribution in [2.24, 2.45) is 0 Å². The van der Waals surface area contributed by atoms with Gasteiger partial charge in [-0.3, -0.25) is 19.7 Å². The maximum atomic E-state index is 13.6. The number of hydrogen-bond acceptors (Lipinski definition) is 6. The van der Waals surface area contributed by atoms with Gasteiger partial charge in [-0.2, -0.15) is 9.89 Å². The normalized spacial score (nSPS) is 17.2. The van der Waals surface area contributed by atoms with E-state index in [9.17, 15) is 9.18 Å². The van der Waals surface area contributed by atoms with Gasteiger partial charge in [0.15, 0.2) is 0 Å². The predicted octanol–water partition coefficient (Wildman–Crippen LogP) is 2.57. The number of nitrogens with zero attached hydrogens (tertiary/aromatic N) is 5. The lowest BCUT2D eigenvalue weighted by molar-refractivity contribution is -0.149. The van der Waals surface area contributed by atoms with Crippen LogP contribution in [-0.4, -0.2) is 65.1 Å². The number of benzene rings is 1. The molecule has 4 rings (SSSR count). The minimum absolute atomic E-state index is 0.241. The lowest BCUT2D eigenvalue weighted by Crippen LogP contribution is -2.58. The van der Waals surface area contributed by atoms with E-state index in [2.05, 4.69) is 10.1 Å². The van der Waals surface area contributed by atoms with Crippen LogP contribution in [0, 0.1) is 5.82 Å². The first kappa shape index (κ1) is 20.0. The fourth-order valence-electron chi connectivity index (χ4n) is 3.70. The van der Waals surface area contributed by atoms with Crippen molar-refractivity contribution in [1.82, 2.24) is 19.8 Å². The molecule has 8 heteroatoms. The Kier molecular flexibility index (Phi) is 5.76. The number of ether oxygens (including phenoxy) is 1. The van der Waals surface area contributed by atoms with Crippen LogP contribution in [0.25, 0.3) is 22.4 Å². The van der Waals surface area contributed by atoms with Gasteiger partial charge in [0, 0.05) is 36.6 Å². The SMILES string of the molecule is CCOC(=O)C1CN(n2ncc(-c3ccncc3)c2-c2ccc(F)cc2)CCN1C. The lowest BCUT2D eigenvalue weighted by Gasteiger charge is -2.39. The summed E-state index contributed by atoms with van der Waals surface area (Å²) < 4.78 is 18.8. The van der Waals surface area contributed by atoms with Crippen molar-refractivity contribution in [3.8, 4) is 22.4 Å². The molecule has 7 nitrogen and oxygen atoms in total. The van der Waals surface area contributed by atoms with E-state index in [-0.39, 0.29) is 17.8 Å². The summed E-state index contributed by atoms with van der Waals surface area (Å²) in [5.41, 5.74) is 3.56. The summed E-state index contributed by atoms with van der Waals surface area (Å²) in [6.45, 7) is 3.98. The standard InChI is InChI=1S/C22H24FN5O2/c1-3-30-22(29)20-15-27(13-12-26(20)2)28-21(17-4-6-18(23)7-5-17)19(14-25-28)16-8-10-24-11-9-16/h4-11,14,20H,3,12-13,15H2,1-2H3. The Labute approximate surface area is 174 Å². The molecule has 3 aromatic rings. The number of esters is 1. The Morgan fingerprint density at radius 1 is 1.13 bits per heavy atom. The molecule has 1 saturated heterocycles. The van der Waals surface area contributed by atoms with Crippen LogP contribution in [0.15, 0.2) is 55.0 Å². The minimum Gasteiger partial charge on any atom is -0.465 e. The summed E-state index contributed by atoms with van der Waals surface area (Å²) in [7, 11) is 1.92. The van der Waals surface area contributed by atoms with Crippen molar-refractivity contribution in [3.63, 3.8) is 0 Å². The van der Waals surface area contributed by atoms with E-state index in [4.69, 9.17) is 4.74 Å². The van der Waals surface area contributed by atoms with Gasteiger partial charge in [-0.1, -0.05) is 0 Å². The van der Waals surface area contributed by atoms with E-state index in [0.717, 1.165) is 22.4 Å². The van der Waals surface area contributed by atoms with E-state index < -0.39 is 0 Å². The number of pyridine rings is 1. The molecule has 0 aliphatic carbocycles. The van der Waals surface area contributed by atoms with Crippen molar-refractivity contribution in [2.75, 3.05) is 38.3 Å². The highest BCUT2D eigenvalue weighted by Gasteiger charge is 2.33. The highest BCUT2D eigenvalue weighted by Crippen LogP contribution is 2.32. The fraction of sp³-hybridized carbons (Fsp3) is 0.318. The molecule has 0 spiro atoms. The van der Waals surface area contributed by atoms with Crippen LogP contribution >= 0.6 is 0 Å². The third-order valence-electron chi connectivity index (χ3n) is 5.31. The number of rotatable bonds is 5. The monoisotopic (exact) mass is 409 g/mol. The number of carbonyl (C=O) groups excluding carboxylic acids is 1. The third kappa shape index (κ3) is 3.91. The van der Waals surface area contributed by atoms with Crippen molar-refractivity contribution < 1.29 is 13.9 Å². The molecule has 1 unspecified atom stereocenters. The minimum atomic E-state index is -0.381. The average Bonchev–Trinajstić information content (AvgIpc) is 3.20. The first-order valence-electron chi connectivity index (χ1n) is 9.95. The smallest absolute Gasteiger partial charge is 0.325 e. The van der Waals surface area contributed by atoms with Gasteiger partial charge in [-0.25, -0.2) is 4.39 Å². The van der Waals surface area contributed by atoms with Crippen molar-refractivity contribution in [2.45, 2.75) is 13.0 Å². The van der Waals surface area contributed by atoms with Crippen molar-refractivity contribution in [1.29, 1.82) is 0 Å². The molecule has 1 atom stereocenters. The molecule has 156 valence electrons. The quantitative estimate of drug-likeness (QED) is 0.604. The molecule has 3 heterocycles. The van der Waals surface area contributed by atoms with E-state index in [0.29, 0.717) is 26.2 Å². The summed E-state index contributed by atoms with van der Waals surface area (Å²) in [5.74, 6) is -0.535. The molecular formula is C22H24FN5O2. The van der Waals surface area contributed by atoms with Gasteiger partial charge in [0.2, 0.25) is 0 Å². The highest BCUT2D eigenvalue weighted by molar-refractivity contribution is 5.81. The zero-order valence-corrected chi connectivity index (χ0v) is 17.0. The number of aromatic nitrogens is 3. The van der Waals surface area contributed by atoms with Crippen LogP contribution in [0.4, 0.5) is 4.39 Å². The third-order valence-corrected chi connectivity index (χ3v) is 5.31. The number of piperazine rings is 1. The molecule has 0 saturated carbocycles. The van der Waals surface area contributed by atoms with E-state index in [1.165, 1.54) is 12.1 Å². The van der Waals surface area contributed by atoms with Gasteiger partial charge in [-0.05, 0) is 55.9 Å². The van der Waals surface area contributed by atoms with E-state index >= 15 is 0 Å². The second kappa shape index (κ2) is 8.62. The molecule has 1 aliphatic heterocycles. The molecule has 0 amide bonds. The van der Waals surface area contributed by atoms with Gasteiger partial charge >= 0.3 is 5.97 Å². The van der Waals surface area contributed by atoms with Crippen molar-refractivity contribution in [3.05, 3.63) is 60.8 Å². The first-order valence-corrected chi connectivity index (χ1v) is 9.95. The Balaban J connectivity index is 1.75. The Morgan fingerprint density at radius 3 is 2.57 bits per heavy atom. The summed E-state index contributed by atoms with van der Waals surface area (Å²) in [4.78, 5) is 20.3. The maximum Gasteiger partial charge on any atom is 0.325 e. The molecule has 0 bridgehead atoms. The molecular weight excluding hydrogens is 385 g/mol. The zero-order valence-electron chi connectivity index (χ0n) is 17.0. The van der Waals surface area contributed by atoms with Gasteiger partial charge in [-0.15, -0.1) is 0 Å². The lowest BCUT2D eigenvalue weighted by atomic mass is 10.0. The summed E-state index contributed by atoms with van der Waals surface area (Å²) in [6, 6.07) is 9.81. The number of likely N-dealkylation sites (N-methyl/N-ethyl adjacent to an activating group) is 1. The number of carbonyl (C=O) groups is 1. The van der Waals surface area contributed by atoms with Crippen LogP contribution in [0.3, 0.4) is 0 Å². The zero-order chi connectivity index (χ0) is 21.1. The van der Waals surface area contributed by atoms with E-state index in [1.807, 2.05) is 33.9 Å². The molecule has 1 fully saturated rings. The Hall–Kier alpha value is -3.26. The molecule has 1 aliphatic rings. The molecule has 0 radical (unpaired) electrons. The number of halogens is 1. The Morgan fingerprint density at radius 2 is 1.87 bits per heavy atom. The van der Waals surface area contributed by atoms with Crippen LogP contribution in [0.2, 0.25) is 0 Å². The van der Waals surface area contributed by atoms with Crippen LogP contribution in [0.5, 0.6) is 0 Å². The topological polar surface area (TPSA) is 63.5 Å². The molecule has 2 aromatic heterocycles. The first-order chi connectivity index (χ1) is 14.6. The maximum absolute atomic E-state index is 13.6. The van der Waals surface area contributed by atoms with E-state index in [1.54, 1.807) is 37.6 Å². The van der Waals surface area contributed by atoms with Gasteiger partial charge in [0.05, 0.1) is 25.0 Å². The highest BCUT2D eigenvalue weighted by atomic mass is 19.1. The largest absolute Gasteiger partial charge is 0.465 e. The average molecular weight is 409 g/mol. The van der Waals surface area contributed by atoms with Gasteiger partial charge in [0.1, 0.15) is 11.9 Å². The second-order valence-electron chi connectivity index (χ2n) is 7.20. The van der Waals surface area contributed by atoms with Crippen LogP contribution in [-0.2, 0) is 9.53 Å². The van der Waals surface area contributed by atoms with Gasteiger partial charge < -0.3 is 4.74 Å². The fourth-order valence-corrected chi connectivity index (χ4v) is 3.70. The molecule has 30 heavy (non-hydrogen) atoms. The van der Waals surface area contributed by atoms with Crippen LogP contribution < -0.4 is 5.01 Å². The van der Waals surface area contributed by atoms with Crippen LogP contribution in [0.1, 0.15) is 6.92 Å². The number of hydrogen-bond donors (Lipinski definition) is 0.